The van der Waals surface area contributed by atoms with Gasteiger partial charge in [0.05, 0.1) is 22.6 Å². The highest BCUT2D eigenvalue weighted by Gasteiger charge is 2.17. The Kier molecular flexibility index (Phi) is 4.70. The summed E-state index contributed by atoms with van der Waals surface area (Å²) in [5, 5.41) is 13.9. The SMILES string of the molecule is CCNC(CC)c1ccc(-c2ccc([N+](=O)[O-])cc2F)o1. The lowest BCUT2D eigenvalue weighted by atomic mass is 10.1. The molecule has 1 heterocycles. The first-order valence-electron chi connectivity index (χ1n) is 6.84. The fraction of sp³-hybridized carbons (Fsp3) is 0.333. The molecule has 2 aromatic rings. The standard InChI is InChI=1S/C15H17FN2O3/c1-3-13(17-4-2)15-8-7-14(21-15)11-6-5-10(18(19)20)9-12(11)16/h5-9,13,17H,3-4H2,1-2H3. The second-order valence-corrected chi connectivity index (χ2v) is 4.64. The highest BCUT2D eigenvalue weighted by molar-refractivity contribution is 5.60. The Hall–Kier alpha value is -2.21. The number of nitro benzene ring substituents is 1. The van der Waals surface area contributed by atoms with E-state index in [-0.39, 0.29) is 17.3 Å². The zero-order valence-corrected chi connectivity index (χ0v) is 11.9. The summed E-state index contributed by atoms with van der Waals surface area (Å²) < 4.78 is 19.6. The maximum absolute atomic E-state index is 14.0. The van der Waals surface area contributed by atoms with Gasteiger partial charge in [-0.3, -0.25) is 10.1 Å². The van der Waals surface area contributed by atoms with E-state index in [1.165, 1.54) is 12.1 Å². The molecule has 0 aliphatic carbocycles. The predicted molar refractivity (Wildman–Crippen MR) is 77.5 cm³/mol. The second-order valence-electron chi connectivity index (χ2n) is 4.64. The highest BCUT2D eigenvalue weighted by Crippen LogP contribution is 2.30. The Balaban J connectivity index is 2.31. The number of furan rings is 1. The number of nitrogens with one attached hydrogen (secondary N) is 1. The van der Waals surface area contributed by atoms with E-state index in [4.69, 9.17) is 4.42 Å². The van der Waals surface area contributed by atoms with Crippen LogP contribution in [0.4, 0.5) is 10.1 Å². The van der Waals surface area contributed by atoms with E-state index >= 15 is 0 Å². The molecule has 1 N–H and O–H groups in total. The molecule has 112 valence electrons. The van der Waals surface area contributed by atoms with E-state index in [1.54, 1.807) is 12.1 Å². The van der Waals surface area contributed by atoms with Gasteiger partial charge in [0.25, 0.3) is 5.69 Å². The van der Waals surface area contributed by atoms with Crippen LogP contribution in [0, 0.1) is 15.9 Å². The summed E-state index contributed by atoms with van der Waals surface area (Å²) in [4.78, 5) is 9.99. The minimum Gasteiger partial charge on any atom is -0.459 e. The molecule has 6 heteroatoms. The maximum atomic E-state index is 14.0. The molecule has 5 nitrogen and oxygen atoms in total. The number of nitro groups is 1. The van der Waals surface area contributed by atoms with Gasteiger partial charge in [-0.25, -0.2) is 4.39 Å². The zero-order chi connectivity index (χ0) is 15.4. The third kappa shape index (κ3) is 3.28. The molecule has 0 aliphatic heterocycles. The van der Waals surface area contributed by atoms with Gasteiger partial charge in [0.1, 0.15) is 17.3 Å². The van der Waals surface area contributed by atoms with E-state index in [0.29, 0.717) is 5.76 Å². The number of hydrogen-bond acceptors (Lipinski definition) is 4. The van der Waals surface area contributed by atoms with Gasteiger partial charge in [0.15, 0.2) is 0 Å². The molecule has 0 bridgehead atoms. The molecular formula is C15H17FN2O3. The van der Waals surface area contributed by atoms with Gasteiger partial charge >= 0.3 is 0 Å². The summed E-state index contributed by atoms with van der Waals surface area (Å²) in [5.74, 6) is 0.433. The molecule has 21 heavy (non-hydrogen) atoms. The van der Waals surface area contributed by atoms with Gasteiger partial charge in [0.2, 0.25) is 0 Å². The molecule has 0 aliphatic rings. The Morgan fingerprint density at radius 2 is 2.10 bits per heavy atom. The molecule has 2 rings (SSSR count). The Bertz CT molecular complexity index is 640. The third-order valence-corrected chi connectivity index (χ3v) is 3.26. The molecule has 0 spiro atoms. The lowest BCUT2D eigenvalue weighted by molar-refractivity contribution is -0.385. The topological polar surface area (TPSA) is 68.3 Å². The first-order valence-corrected chi connectivity index (χ1v) is 6.84. The number of non-ortho nitro benzene ring substituents is 1. The van der Waals surface area contributed by atoms with Crippen LogP contribution in [0.15, 0.2) is 34.7 Å². The van der Waals surface area contributed by atoms with Crippen LogP contribution < -0.4 is 5.32 Å². The van der Waals surface area contributed by atoms with Crippen molar-refractivity contribution in [2.24, 2.45) is 0 Å². The minimum atomic E-state index is -0.665. The van der Waals surface area contributed by atoms with Gasteiger partial charge in [0, 0.05) is 6.07 Å². The summed E-state index contributed by atoms with van der Waals surface area (Å²) in [6.45, 7) is 4.84. The van der Waals surface area contributed by atoms with Crippen LogP contribution in [0.5, 0.6) is 0 Å². The van der Waals surface area contributed by atoms with E-state index in [0.717, 1.165) is 24.8 Å². The number of hydrogen-bond donors (Lipinski definition) is 1. The third-order valence-electron chi connectivity index (χ3n) is 3.26. The summed E-state index contributed by atoms with van der Waals surface area (Å²) in [6, 6.07) is 7.09. The zero-order valence-electron chi connectivity index (χ0n) is 11.9. The van der Waals surface area contributed by atoms with Crippen LogP contribution in [0.25, 0.3) is 11.3 Å². The van der Waals surface area contributed by atoms with E-state index < -0.39 is 10.7 Å². The van der Waals surface area contributed by atoms with Crippen molar-refractivity contribution in [2.75, 3.05) is 6.54 Å². The summed E-state index contributed by atoms with van der Waals surface area (Å²) in [6.07, 6.45) is 0.851. The molecular weight excluding hydrogens is 275 g/mol. The number of benzene rings is 1. The van der Waals surface area contributed by atoms with Crippen molar-refractivity contribution in [3.8, 4) is 11.3 Å². The van der Waals surface area contributed by atoms with Crippen molar-refractivity contribution in [3.05, 3.63) is 52.0 Å². The van der Waals surface area contributed by atoms with E-state index in [9.17, 15) is 14.5 Å². The van der Waals surface area contributed by atoms with Crippen molar-refractivity contribution in [1.82, 2.24) is 5.32 Å². The maximum Gasteiger partial charge on any atom is 0.272 e. The van der Waals surface area contributed by atoms with Gasteiger partial charge in [-0.15, -0.1) is 0 Å². The molecule has 0 fully saturated rings. The Labute approximate surface area is 121 Å². The summed E-state index contributed by atoms with van der Waals surface area (Å²) in [7, 11) is 0. The normalized spacial score (nSPS) is 12.3. The average Bonchev–Trinajstić information content (AvgIpc) is 2.93. The average molecular weight is 292 g/mol. The van der Waals surface area contributed by atoms with Crippen LogP contribution in [0.2, 0.25) is 0 Å². The lowest BCUT2D eigenvalue weighted by Crippen LogP contribution is -2.19. The molecule has 0 saturated carbocycles. The summed E-state index contributed by atoms with van der Waals surface area (Å²) >= 11 is 0. The summed E-state index contributed by atoms with van der Waals surface area (Å²) in [5.41, 5.74) is -0.0553. The number of rotatable bonds is 6. The molecule has 1 aromatic carbocycles. The van der Waals surface area contributed by atoms with Crippen LogP contribution in [0.1, 0.15) is 32.1 Å². The molecule has 1 aromatic heterocycles. The van der Waals surface area contributed by atoms with Crippen molar-refractivity contribution in [3.63, 3.8) is 0 Å². The van der Waals surface area contributed by atoms with Gasteiger partial charge in [-0.1, -0.05) is 13.8 Å². The molecule has 1 unspecified atom stereocenters. The molecule has 0 saturated heterocycles. The molecule has 0 radical (unpaired) electrons. The minimum absolute atomic E-state index is 0.0739. The van der Waals surface area contributed by atoms with Crippen molar-refractivity contribution < 1.29 is 13.7 Å². The monoisotopic (exact) mass is 292 g/mol. The fourth-order valence-corrected chi connectivity index (χ4v) is 2.19. The van der Waals surface area contributed by atoms with Crippen LogP contribution in [-0.4, -0.2) is 11.5 Å². The largest absolute Gasteiger partial charge is 0.459 e. The van der Waals surface area contributed by atoms with Crippen molar-refractivity contribution in [1.29, 1.82) is 0 Å². The Morgan fingerprint density at radius 1 is 1.33 bits per heavy atom. The van der Waals surface area contributed by atoms with Gasteiger partial charge in [-0.05, 0) is 31.2 Å². The quantitative estimate of drug-likeness (QED) is 0.644. The molecule has 0 amide bonds. The highest BCUT2D eigenvalue weighted by atomic mass is 19.1. The van der Waals surface area contributed by atoms with Gasteiger partial charge in [-0.2, -0.15) is 0 Å². The second kappa shape index (κ2) is 6.49. The van der Waals surface area contributed by atoms with Crippen LogP contribution in [0.3, 0.4) is 0 Å². The number of halogens is 1. The Morgan fingerprint density at radius 3 is 2.67 bits per heavy atom. The van der Waals surface area contributed by atoms with E-state index in [2.05, 4.69) is 5.32 Å². The van der Waals surface area contributed by atoms with E-state index in [1.807, 2.05) is 13.8 Å². The van der Waals surface area contributed by atoms with Crippen molar-refractivity contribution in [2.45, 2.75) is 26.3 Å². The molecule has 1 atom stereocenters. The number of nitrogens with zero attached hydrogens (tertiary/aromatic N) is 1. The smallest absolute Gasteiger partial charge is 0.272 e. The lowest BCUT2D eigenvalue weighted by Gasteiger charge is -2.12. The van der Waals surface area contributed by atoms with Gasteiger partial charge < -0.3 is 9.73 Å². The fourth-order valence-electron chi connectivity index (χ4n) is 2.19. The van der Waals surface area contributed by atoms with Crippen molar-refractivity contribution >= 4 is 5.69 Å². The first-order chi connectivity index (χ1) is 10.1. The predicted octanol–water partition coefficient (Wildman–Crippen LogP) is 4.05. The first kappa shape index (κ1) is 15.2. The van der Waals surface area contributed by atoms with Crippen LogP contribution in [-0.2, 0) is 0 Å². The van der Waals surface area contributed by atoms with Crippen LogP contribution >= 0.6 is 0 Å².